The number of aromatic nitrogens is 1. The van der Waals surface area contributed by atoms with Crippen LogP contribution < -0.4 is 5.56 Å². The van der Waals surface area contributed by atoms with Gasteiger partial charge in [0.25, 0.3) is 5.56 Å². The van der Waals surface area contributed by atoms with E-state index < -0.39 is 0 Å². The van der Waals surface area contributed by atoms with Crippen LogP contribution in [0.15, 0.2) is 53.5 Å². The van der Waals surface area contributed by atoms with Crippen LogP contribution in [0.3, 0.4) is 0 Å². The first-order chi connectivity index (χ1) is 8.70. The van der Waals surface area contributed by atoms with Gasteiger partial charge < -0.3 is 4.57 Å². The van der Waals surface area contributed by atoms with Crippen molar-refractivity contribution in [2.24, 2.45) is 0 Å². The van der Waals surface area contributed by atoms with Crippen LogP contribution in [0.25, 0.3) is 0 Å². The Morgan fingerprint density at radius 2 is 1.83 bits per heavy atom. The summed E-state index contributed by atoms with van der Waals surface area (Å²) < 4.78 is 1.83. The molecule has 1 aromatic heterocycles. The monoisotopic (exact) mass is 239 g/mol. The first-order valence-electron chi connectivity index (χ1n) is 6.42. The summed E-state index contributed by atoms with van der Waals surface area (Å²) in [6.45, 7) is 2.90. The molecule has 1 aromatic carbocycles. The molecule has 2 nitrogen and oxygen atoms in total. The van der Waals surface area contributed by atoms with Gasteiger partial charge in [-0.3, -0.25) is 4.79 Å². The maximum atomic E-state index is 11.8. The fourth-order valence-electron chi connectivity index (χ4n) is 2.51. The van der Waals surface area contributed by atoms with Crippen molar-refractivity contribution in [2.45, 2.75) is 31.7 Å². The van der Waals surface area contributed by atoms with Crippen molar-refractivity contribution >= 4 is 0 Å². The van der Waals surface area contributed by atoms with Gasteiger partial charge in [0.05, 0.1) is 0 Å². The highest BCUT2D eigenvalue weighted by Crippen LogP contribution is 2.49. The van der Waals surface area contributed by atoms with E-state index >= 15 is 0 Å². The Morgan fingerprint density at radius 3 is 2.44 bits per heavy atom. The second-order valence-corrected chi connectivity index (χ2v) is 5.31. The van der Waals surface area contributed by atoms with Crippen molar-refractivity contribution in [3.8, 4) is 0 Å². The number of hydrogen-bond donors (Lipinski definition) is 0. The Kier molecular flexibility index (Phi) is 2.58. The molecule has 92 valence electrons. The molecule has 1 heterocycles. The molecule has 1 saturated carbocycles. The standard InChI is InChI=1S/C16H17NO/c1-13-5-7-14(8-6-13)16(9-10-16)12-17-11-3-2-4-15(17)18/h2-8,11H,9-10,12H2,1H3. The zero-order chi connectivity index (χ0) is 12.6. The van der Waals surface area contributed by atoms with Gasteiger partial charge in [-0.05, 0) is 31.4 Å². The lowest BCUT2D eigenvalue weighted by Crippen LogP contribution is -2.25. The highest BCUT2D eigenvalue weighted by Gasteiger charge is 2.44. The molecular weight excluding hydrogens is 222 g/mol. The first kappa shape index (κ1) is 11.3. The molecule has 0 radical (unpaired) electrons. The van der Waals surface area contributed by atoms with Crippen LogP contribution in [0, 0.1) is 6.92 Å². The zero-order valence-corrected chi connectivity index (χ0v) is 10.6. The van der Waals surface area contributed by atoms with Crippen molar-refractivity contribution in [1.82, 2.24) is 4.57 Å². The number of nitrogens with zero attached hydrogens (tertiary/aromatic N) is 1. The maximum Gasteiger partial charge on any atom is 0.250 e. The van der Waals surface area contributed by atoms with Crippen LogP contribution in [0.1, 0.15) is 24.0 Å². The van der Waals surface area contributed by atoms with E-state index in [-0.39, 0.29) is 11.0 Å². The molecule has 0 spiro atoms. The van der Waals surface area contributed by atoms with Crippen molar-refractivity contribution in [3.63, 3.8) is 0 Å². The van der Waals surface area contributed by atoms with E-state index in [0.717, 1.165) is 6.54 Å². The van der Waals surface area contributed by atoms with E-state index in [9.17, 15) is 4.79 Å². The van der Waals surface area contributed by atoms with E-state index in [1.807, 2.05) is 16.8 Å². The first-order valence-corrected chi connectivity index (χ1v) is 6.42. The predicted octanol–water partition coefficient (Wildman–Crippen LogP) is 2.89. The number of benzene rings is 1. The van der Waals surface area contributed by atoms with Gasteiger partial charge in [0, 0.05) is 24.2 Å². The second kappa shape index (κ2) is 4.13. The molecule has 3 rings (SSSR count). The summed E-state index contributed by atoms with van der Waals surface area (Å²) in [5, 5.41) is 0. The summed E-state index contributed by atoms with van der Waals surface area (Å²) in [5.41, 5.74) is 2.94. The number of rotatable bonds is 3. The average molecular weight is 239 g/mol. The maximum absolute atomic E-state index is 11.8. The number of aryl methyl sites for hydroxylation is 1. The molecule has 0 unspecified atom stereocenters. The van der Waals surface area contributed by atoms with Crippen molar-refractivity contribution < 1.29 is 0 Å². The minimum atomic E-state index is 0.0934. The van der Waals surface area contributed by atoms with Crippen LogP contribution in [0.2, 0.25) is 0 Å². The Balaban J connectivity index is 1.90. The van der Waals surface area contributed by atoms with Gasteiger partial charge in [-0.1, -0.05) is 35.9 Å². The minimum Gasteiger partial charge on any atom is -0.315 e. The Hall–Kier alpha value is -1.83. The second-order valence-electron chi connectivity index (χ2n) is 5.31. The third-order valence-corrected chi connectivity index (χ3v) is 3.89. The Bertz CT molecular complexity index is 605. The molecule has 0 saturated heterocycles. The number of pyridine rings is 1. The van der Waals surface area contributed by atoms with Crippen molar-refractivity contribution in [3.05, 3.63) is 70.1 Å². The van der Waals surface area contributed by atoms with Crippen LogP contribution >= 0.6 is 0 Å². The Morgan fingerprint density at radius 1 is 1.11 bits per heavy atom. The van der Waals surface area contributed by atoms with Gasteiger partial charge in [0.1, 0.15) is 0 Å². The molecule has 1 aliphatic rings. The van der Waals surface area contributed by atoms with Gasteiger partial charge in [-0.15, -0.1) is 0 Å². The normalized spacial score (nSPS) is 16.5. The van der Waals surface area contributed by atoms with Gasteiger partial charge in [-0.2, -0.15) is 0 Å². The van der Waals surface area contributed by atoms with Gasteiger partial charge >= 0.3 is 0 Å². The number of hydrogen-bond acceptors (Lipinski definition) is 1. The van der Waals surface area contributed by atoms with E-state index in [1.165, 1.54) is 24.0 Å². The molecule has 1 aliphatic carbocycles. The molecular formula is C16H17NO. The van der Waals surface area contributed by atoms with Crippen LogP contribution in [0.5, 0.6) is 0 Å². The third-order valence-electron chi connectivity index (χ3n) is 3.89. The lowest BCUT2D eigenvalue weighted by molar-refractivity contribution is 0.534. The highest BCUT2D eigenvalue weighted by molar-refractivity contribution is 5.33. The summed E-state index contributed by atoms with van der Waals surface area (Å²) in [4.78, 5) is 11.8. The molecule has 1 fully saturated rings. The molecule has 0 N–H and O–H groups in total. The third kappa shape index (κ3) is 1.99. The molecule has 0 aliphatic heterocycles. The molecule has 0 atom stereocenters. The van der Waals surface area contributed by atoms with Crippen LogP contribution in [-0.4, -0.2) is 4.57 Å². The predicted molar refractivity (Wildman–Crippen MR) is 72.8 cm³/mol. The largest absolute Gasteiger partial charge is 0.315 e. The zero-order valence-electron chi connectivity index (χ0n) is 10.6. The summed E-state index contributed by atoms with van der Waals surface area (Å²) in [6.07, 6.45) is 4.24. The topological polar surface area (TPSA) is 22.0 Å². The SMILES string of the molecule is Cc1ccc(C2(Cn3ccccc3=O)CC2)cc1. The fraction of sp³-hybridized carbons (Fsp3) is 0.312. The van der Waals surface area contributed by atoms with E-state index in [2.05, 4.69) is 31.2 Å². The van der Waals surface area contributed by atoms with E-state index in [1.54, 1.807) is 12.1 Å². The molecule has 2 aromatic rings. The minimum absolute atomic E-state index is 0.0934. The molecule has 0 amide bonds. The smallest absolute Gasteiger partial charge is 0.250 e. The highest BCUT2D eigenvalue weighted by atomic mass is 16.1. The van der Waals surface area contributed by atoms with Gasteiger partial charge in [0.2, 0.25) is 0 Å². The van der Waals surface area contributed by atoms with E-state index in [0.29, 0.717) is 0 Å². The molecule has 2 heteroatoms. The van der Waals surface area contributed by atoms with Gasteiger partial charge in [0.15, 0.2) is 0 Å². The van der Waals surface area contributed by atoms with Crippen molar-refractivity contribution in [1.29, 1.82) is 0 Å². The fourth-order valence-corrected chi connectivity index (χ4v) is 2.51. The van der Waals surface area contributed by atoms with Gasteiger partial charge in [-0.25, -0.2) is 0 Å². The van der Waals surface area contributed by atoms with Crippen molar-refractivity contribution in [2.75, 3.05) is 0 Å². The van der Waals surface area contributed by atoms with Crippen LogP contribution in [-0.2, 0) is 12.0 Å². The Labute approximate surface area is 107 Å². The molecule has 18 heavy (non-hydrogen) atoms. The quantitative estimate of drug-likeness (QED) is 0.807. The summed E-state index contributed by atoms with van der Waals surface area (Å²) in [7, 11) is 0. The lowest BCUT2D eigenvalue weighted by atomic mass is 9.95. The van der Waals surface area contributed by atoms with E-state index in [4.69, 9.17) is 0 Å². The summed E-state index contributed by atoms with van der Waals surface area (Å²) >= 11 is 0. The van der Waals surface area contributed by atoms with Crippen LogP contribution in [0.4, 0.5) is 0 Å². The average Bonchev–Trinajstić information content (AvgIpc) is 3.14. The summed E-state index contributed by atoms with van der Waals surface area (Å²) in [6, 6.07) is 14.1. The summed E-state index contributed by atoms with van der Waals surface area (Å²) in [5.74, 6) is 0. The lowest BCUT2D eigenvalue weighted by Gasteiger charge is -2.17. The molecule has 0 bridgehead atoms.